The summed E-state index contributed by atoms with van der Waals surface area (Å²) < 4.78 is 50.8. The van der Waals surface area contributed by atoms with Crippen LogP contribution in [0.2, 0.25) is 0 Å². The molecule has 0 aliphatic heterocycles. The zero-order chi connectivity index (χ0) is 11.0. The van der Waals surface area contributed by atoms with Crippen molar-refractivity contribution in [1.29, 1.82) is 0 Å². The van der Waals surface area contributed by atoms with Crippen molar-refractivity contribution in [3.8, 4) is 0 Å². The molecular weight excluding hydrogens is 204 g/mol. The normalized spacial score (nSPS) is 10.4. The van der Waals surface area contributed by atoms with Crippen molar-refractivity contribution < 1.29 is 27.5 Å². The highest BCUT2D eigenvalue weighted by Crippen LogP contribution is 2.22. The van der Waals surface area contributed by atoms with E-state index in [1.54, 1.807) is 0 Å². The molecule has 0 aliphatic rings. The topological polar surface area (TPSA) is 40.1 Å². The van der Waals surface area contributed by atoms with E-state index >= 15 is 0 Å². The van der Waals surface area contributed by atoms with E-state index in [1.807, 2.05) is 0 Å². The number of hydrogen-bond acceptors (Lipinski definition) is 2. The first-order valence-electron chi connectivity index (χ1n) is 3.41. The van der Waals surface area contributed by atoms with Crippen LogP contribution in [0.4, 0.5) is 17.6 Å². The standard InChI is InChI=1S/C8H4F4O2/c1-2-4(9)3(8(13)14)6(11)7(12)5(2)10/h1H3,(H,13,14)/p-1. The number of aromatic carboxylic acids is 1. The summed E-state index contributed by atoms with van der Waals surface area (Å²) in [5.74, 6) is -9.76. The summed E-state index contributed by atoms with van der Waals surface area (Å²) in [4.78, 5) is 10.2. The van der Waals surface area contributed by atoms with Crippen molar-refractivity contribution in [3.05, 3.63) is 34.4 Å². The van der Waals surface area contributed by atoms with Gasteiger partial charge in [-0.2, -0.15) is 0 Å². The average molecular weight is 207 g/mol. The first-order chi connectivity index (χ1) is 6.37. The van der Waals surface area contributed by atoms with Gasteiger partial charge in [-0.05, 0) is 6.92 Å². The van der Waals surface area contributed by atoms with E-state index < -0.39 is 40.4 Å². The number of rotatable bonds is 1. The van der Waals surface area contributed by atoms with Crippen LogP contribution in [0.25, 0.3) is 0 Å². The van der Waals surface area contributed by atoms with Gasteiger partial charge in [-0.3, -0.25) is 0 Å². The fraction of sp³-hybridized carbons (Fsp3) is 0.125. The first kappa shape index (κ1) is 10.5. The molecule has 1 aromatic carbocycles. The van der Waals surface area contributed by atoms with Crippen molar-refractivity contribution in [1.82, 2.24) is 0 Å². The maximum absolute atomic E-state index is 12.9. The van der Waals surface area contributed by atoms with E-state index in [9.17, 15) is 27.5 Å². The summed E-state index contributed by atoms with van der Waals surface area (Å²) in [6.07, 6.45) is 0. The highest BCUT2D eigenvalue weighted by molar-refractivity contribution is 5.86. The summed E-state index contributed by atoms with van der Waals surface area (Å²) in [5, 5.41) is 10.2. The van der Waals surface area contributed by atoms with Crippen LogP contribution in [0.1, 0.15) is 15.9 Å². The third kappa shape index (κ3) is 1.32. The van der Waals surface area contributed by atoms with Gasteiger partial charge < -0.3 is 9.90 Å². The third-order valence-corrected chi connectivity index (χ3v) is 1.69. The quantitative estimate of drug-likeness (QED) is 0.390. The molecule has 0 saturated heterocycles. The summed E-state index contributed by atoms with van der Waals surface area (Å²) in [7, 11) is 0. The van der Waals surface area contributed by atoms with Gasteiger partial charge in [0.05, 0.1) is 11.5 Å². The lowest BCUT2D eigenvalue weighted by Crippen LogP contribution is -2.26. The average Bonchev–Trinajstić information content (AvgIpc) is 2.11. The third-order valence-electron chi connectivity index (χ3n) is 1.69. The number of halogens is 4. The van der Waals surface area contributed by atoms with E-state index in [-0.39, 0.29) is 0 Å². The van der Waals surface area contributed by atoms with Gasteiger partial charge in [0.1, 0.15) is 5.82 Å². The fourth-order valence-electron chi connectivity index (χ4n) is 0.930. The molecule has 0 unspecified atom stereocenters. The van der Waals surface area contributed by atoms with Crippen molar-refractivity contribution in [2.24, 2.45) is 0 Å². The molecule has 1 aromatic rings. The lowest BCUT2D eigenvalue weighted by atomic mass is 10.1. The Bertz CT molecular complexity index is 385. The second kappa shape index (κ2) is 3.28. The van der Waals surface area contributed by atoms with Crippen LogP contribution in [-0.2, 0) is 0 Å². The number of benzene rings is 1. The number of carboxylic acids is 1. The molecule has 76 valence electrons. The van der Waals surface area contributed by atoms with E-state index in [1.165, 1.54) is 0 Å². The van der Waals surface area contributed by atoms with E-state index in [2.05, 4.69) is 0 Å². The van der Waals surface area contributed by atoms with Crippen molar-refractivity contribution >= 4 is 5.97 Å². The van der Waals surface area contributed by atoms with Gasteiger partial charge in [-0.1, -0.05) is 0 Å². The Balaban J connectivity index is 3.68. The Morgan fingerprint density at radius 1 is 1.00 bits per heavy atom. The van der Waals surface area contributed by atoms with Gasteiger partial charge >= 0.3 is 0 Å². The first-order valence-corrected chi connectivity index (χ1v) is 3.41. The zero-order valence-corrected chi connectivity index (χ0v) is 6.83. The number of hydrogen-bond donors (Lipinski definition) is 0. The molecule has 0 atom stereocenters. The molecule has 0 heterocycles. The molecule has 6 heteroatoms. The Kier molecular flexibility index (Phi) is 2.46. The van der Waals surface area contributed by atoms with E-state index in [4.69, 9.17) is 0 Å². The molecule has 14 heavy (non-hydrogen) atoms. The number of carbonyl (C=O) groups is 1. The minimum atomic E-state index is -2.23. The Hall–Kier alpha value is -1.59. The Morgan fingerprint density at radius 2 is 1.50 bits per heavy atom. The smallest absolute Gasteiger partial charge is 0.195 e. The molecule has 0 radical (unpaired) electrons. The lowest BCUT2D eigenvalue weighted by molar-refractivity contribution is -0.255. The van der Waals surface area contributed by atoms with E-state index in [0.717, 1.165) is 6.92 Å². The molecule has 0 N–H and O–H groups in total. The SMILES string of the molecule is Cc1c(F)c(F)c(F)c(C(=O)[O-])c1F. The van der Waals surface area contributed by atoms with Crippen LogP contribution in [0.3, 0.4) is 0 Å². The molecule has 0 fully saturated rings. The molecule has 0 aromatic heterocycles. The highest BCUT2D eigenvalue weighted by Gasteiger charge is 2.23. The highest BCUT2D eigenvalue weighted by atomic mass is 19.2. The van der Waals surface area contributed by atoms with Crippen molar-refractivity contribution in [3.63, 3.8) is 0 Å². The van der Waals surface area contributed by atoms with Crippen LogP contribution in [-0.4, -0.2) is 5.97 Å². The van der Waals surface area contributed by atoms with Crippen molar-refractivity contribution in [2.75, 3.05) is 0 Å². The predicted molar refractivity (Wildman–Crippen MR) is 35.3 cm³/mol. The minimum Gasteiger partial charge on any atom is -0.545 e. The molecule has 0 bridgehead atoms. The molecule has 0 spiro atoms. The van der Waals surface area contributed by atoms with Crippen LogP contribution in [0, 0.1) is 30.2 Å². The summed E-state index contributed by atoms with van der Waals surface area (Å²) in [6.45, 7) is 0.791. The van der Waals surface area contributed by atoms with Gasteiger partial charge in [0.2, 0.25) is 0 Å². The lowest BCUT2D eigenvalue weighted by Gasteiger charge is -2.09. The van der Waals surface area contributed by atoms with Gasteiger partial charge in [-0.15, -0.1) is 0 Å². The molecule has 0 amide bonds. The molecular formula is C8H3F4O2-. The minimum absolute atomic E-state index is 0.791. The number of carboxylic acid groups (broad SMARTS) is 1. The fourth-order valence-corrected chi connectivity index (χ4v) is 0.930. The summed E-state index contributed by atoms with van der Waals surface area (Å²) >= 11 is 0. The second-order valence-corrected chi connectivity index (χ2v) is 2.54. The second-order valence-electron chi connectivity index (χ2n) is 2.54. The van der Waals surface area contributed by atoms with Gasteiger partial charge in [0.25, 0.3) is 0 Å². The van der Waals surface area contributed by atoms with Gasteiger partial charge in [-0.25, -0.2) is 17.6 Å². The molecule has 2 nitrogen and oxygen atoms in total. The maximum Gasteiger partial charge on any atom is 0.195 e. The monoisotopic (exact) mass is 207 g/mol. The van der Waals surface area contributed by atoms with Crippen LogP contribution in [0.15, 0.2) is 0 Å². The maximum atomic E-state index is 12.9. The summed E-state index contributed by atoms with van der Waals surface area (Å²) in [6, 6.07) is 0. The van der Waals surface area contributed by atoms with Crippen LogP contribution >= 0.6 is 0 Å². The van der Waals surface area contributed by atoms with Crippen LogP contribution in [0.5, 0.6) is 0 Å². The van der Waals surface area contributed by atoms with Gasteiger partial charge in [0.15, 0.2) is 17.5 Å². The Morgan fingerprint density at radius 3 is 1.93 bits per heavy atom. The summed E-state index contributed by atoms with van der Waals surface area (Å²) in [5.41, 5.74) is -2.50. The van der Waals surface area contributed by atoms with Gasteiger partial charge in [0, 0.05) is 5.56 Å². The largest absolute Gasteiger partial charge is 0.545 e. The zero-order valence-electron chi connectivity index (χ0n) is 6.83. The predicted octanol–water partition coefficient (Wildman–Crippen LogP) is 0.915. The molecule has 0 aliphatic carbocycles. The van der Waals surface area contributed by atoms with Crippen LogP contribution < -0.4 is 5.11 Å². The molecule has 1 rings (SSSR count). The Labute approximate surface area is 75.8 Å². The molecule has 0 saturated carbocycles. The number of carbonyl (C=O) groups excluding carboxylic acids is 1. The van der Waals surface area contributed by atoms with Crippen molar-refractivity contribution in [2.45, 2.75) is 6.92 Å². The van der Waals surface area contributed by atoms with E-state index in [0.29, 0.717) is 0 Å².